The summed E-state index contributed by atoms with van der Waals surface area (Å²) in [5.74, 6) is 0.0209. The van der Waals surface area contributed by atoms with Crippen LogP contribution in [-0.4, -0.2) is 68.9 Å². The molecule has 0 aliphatic carbocycles. The van der Waals surface area contributed by atoms with Crippen LogP contribution in [-0.2, 0) is 6.54 Å². The fraction of sp³-hybridized carbons (Fsp3) is 0.318. The van der Waals surface area contributed by atoms with Gasteiger partial charge in [0, 0.05) is 50.8 Å². The van der Waals surface area contributed by atoms with Crippen LogP contribution >= 0.6 is 12.2 Å². The van der Waals surface area contributed by atoms with E-state index in [9.17, 15) is 14.7 Å². The van der Waals surface area contributed by atoms with Gasteiger partial charge < -0.3 is 29.5 Å². The van der Waals surface area contributed by atoms with Crippen molar-refractivity contribution in [2.24, 2.45) is 0 Å². The molecule has 0 amide bonds. The van der Waals surface area contributed by atoms with Gasteiger partial charge in [0.2, 0.25) is 11.4 Å². The van der Waals surface area contributed by atoms with Crippen molar-refractivity contribution < 1.29 is 14.6 Å². The van der Waals surface area contributed by atoms with Gasteiger partial charge in [-0.2, -0.15) is 4.98 Å². The van der Waals surface area contributed by atoms with Crippen LogP contribution in [0.4, 0.5) is 11.6 Å². The van der Waals surface area contributed by atoms with Gasteiger partial charge in [-0.15, -0.1) is 0 Å². The van der Waals surface area contributed by atoms with E-state index in [0.29, 0.717) is 49.4 Å². The molecule has 1 fully saturated rings. The molecule has 0 saturated carbocycles. The second-order valence-electron chi connectivity index (χ2n) is 7.50. The fourth-order valence-electron chi connectivity index (χ4n) is 3.70. The Balaban J connectivity index is 1.47. The number of carboxylic acid groups (broad SMARTS) is 1. The van der Waals surface area contributed by atoms with E-state index in [0.717, 1.165) is 11.4 Å². The van der Waals surface area contributed by atoms with Crippen LogP contribution in [0.3, 0.4) is 0 Å². The predicted octanol–water partition coefficient (Wildman–Crippen LogP) is 2.04. The summed E-state index contributed by atoms with van der Waals surface area (Å²) in [4.78, 5) is 36.9. The first-order chi connectivity index (χ1) is 15.9. The Morgan fingerprint density at radius 2 is 1.91 bits per heavy atom. The maximum atomic E-state index is 12.5. The van der Waals surface area contributed by atoms with Crippen LogP contribution in [0.5, 0.6) is 5.75 Å². The van der Waals surface area contributed by atoms with Crippen LogP contribution in [0.25, 0.3) is 11.0 Å². The molecule has 3 aromatic rings. The Kier molecular flexibility index (Phi) is 6.40. The normalized spacial score (nSPS) is 13.8. The number of fused-ring (bicyclic) bond motifs is 1. The Bertz CT molecular complexity index is 1250. The minimum Gasteiger partial charge on any atom is -0.497 e. The number of nitrogens with one attached hydrogen (secondary N) is 1. The molecular formula is C22H24N6O4S. The van der Waals surface area contributed by atoms with Gasteiger partial charge in [0.1, 0.15) is 17.0 Å². The number of aromatic carboxylic acids is 1. The molecule has 172 valence electrons. The van der Waals surface area contributed by atoms with Gasteiger partial charge in [-0.25, -0.2) is 9.78 Å². The highest BCUT2D eigenvalue weighted by atomic mass is 32.1. The number of hydrogen-bond donors (Lipinski definition) is 2. The number of aryl methyl sites for hydroxylation is 1. The molecular weight excluding hydrogens is 444 g/mol. The monoisotopic (exact) mass is 468 g/mol. The maximum absolute atomic E-state index is 12.5. The Labute approximate surface area is 195 Å². The lowest BCUT2D eigenvalue weighted by atomic mass is 10.2. The van der Waals surface area contributed by atoms with Crippen molar-refractivity contribution in [3.8, 4) is 5.75 Å². The van der Waals surface area contributed by atoms with Gasteiger partial charge in [-0.3, -0.25) is 4.79 Å². The number of piperazine rings is 1. The lowest BCUT2D eigenvalue weighted by molar-refractivity contribution is 0.0695. The van der Waals surface area contributed by atoms with E-state index < -0.39 is 11.4 Å². The smallest absolute Gasteiger partial charge is 0.341 e. The van der Waals surface area contributed by atoms with Crippen LogP contribution in [0.2, 0.25) is 0 Å². The molecule has 11 heteroatoms. The molecule has 2 N–H and O–H groups in total. The number of nitrogens with zero attached hydrogens (tertiary/aromatic N) is 5. The predicted molar refractivity (Wildman–Crippen MR) is 129 cm³/mol. The van der Waals surface area contributed by atoms with E-state index in [1.807, 2.05) is 36.1 Å². The van der Waals surface area contributed by atoms with E-state index in [2.05, 4.69) is 20.2 Å². The first kappa shape index (κ1) is 22.5. The summed E-state index contributed by atoms with van der Waals surface area (Å²) in [6.45, 7) is 5.02. The number of thiocarbonyl (C=S) groups is 1. The summed E-state index contributed by atoms with van der Waals surface area (Å²) >= 11 is 5.56. The summed E-state index contributed by atoms with van der Waals surface area (Å²) in [7, 11) is 1.63. The molecule has 0 bridgehead atoms. The van der Waals surface area contributed by atoms with Crippen molar-refractivity contribution in [3.05, 3.63) is 52.4 Å². The van der Waals surface area contributed by atoms with E-state index in [4.69, 9.17) is 17.0 Å². The summed E-state index contributed by atoms with van der Waals surface area (Å²) in [5.41, 5.74) is 0.455. The van der Waals surface area contributed by atoms with Gasteiger partial charge in [0.25, 0.3) is 0 Å². The fourth-order valence-corrected chi connectivity index (χ4v) is 4.00. The molecule has 33 heavy (non-hydrogen) atoms. The molecule has 0 unspecified atom stereocenters. The molecule has 0 spiro atoms. The first-order valence-corrected chi connectivity index (χ1v) is 10.9. The van der Waals surface area contributed by atoms with Crippen LogP contribution in [0, 0.1) is 0 Å². The van der Waals surface area contributed by atoms with Crippen LogP contribution < -0.4 is 20.4 Å². The summed E-state index contributed by atoms with van der Waals surface area (Å²) in [6.07, 6.45) is 2.76. The Morgan fingerprint density at radius 1 is 1.21 bits per heavy atom. The highest BCUT2D eigenvalue weighted by molar-refractivity contribution is 7.80. The van der Waals surface area contributed by atoms with E-state index in [1.165, 1.54) is 12.4 Å². The van der Waals surface area contributed by atoms with E-state index in [-0.39, 0.29) is 10.9 Å². The number of methoxy groups -OCH3 is 1. The van der Waals surface area contributed by atoms with Crippen molar-refractivity contribution in [2.75, 3.05) is 43.5 Å². The molecule has 1 aliphatic rings. The second kappa shape index (κ2) is 9.41. The Hall–Kier alpha value is -3.73. The third kappa shape index (κ3) is 4.58. The van der Waals surface area contributed by atoms with Gasteiger partial charge in [-0.05, 0) is 43.4 Å². The molecule has 1 saturated heterocycles. The summed E-state index contributed by atoms with van der Waals surface area (Å²) in [6, 6.07) is 7.56. The molecule has 10 nitrogen and oxygen atoms in total. The molecule has 0 radical (unpaired) electrons. The molecule has 1 aromatic carbocycles. The third-order valence-corrected chi connectivity index (χ3v) is 5.92. The van der Waals surface area contributed by atoms with Crippen LogP contribution in [0.15, 0.2) is 41.5 Å². The van der Waals surface area contributed by atoms with Crippen molar-refractivity contribution in [1.82, 2.24) is 19.4 Å². The second-order valence-corrected chi connectivity index (χ2v) is 7.89. The first-order valence-electron chi connectivity index (χ1n) is 10.5. The Morgan fingerprint density at radius 3 is 2.52 bits per heavy atom. The number of benzene rings is 1. The number of pyridine rings is 1. The summed E-state index contributed by atoms with van der Waals surface area (Å²) in [5, 5.41) is 13.4. The maximum Gasteiger partial charge on any atom is 0.341 e. The minimum absolute atomic E-state index is 0.198. The number of aromatic nitrogens is 3. The number of carbonyl (C=O) groups is 1. The number of rotatable bonds is 5. The molecule has 1 aliphatic heterocycles. The average Bonchev–Trinajstić information content (AvgIpc) is 2.84. The summed E-state index contributed by atoms with van der Waals surface area (Å²) < 4.78 is 6.84. The molecule has 2 aromatic heterocycles. The topological polar surface area (TPSA) is 113 Å². The van der Waals surface area contributed by atoms with Crippen molar-refractivity contribution in [2.45, 2.75) is 13.5 Å². The highest BCUT2D eigenvalue weighted by Crippen LogP contribution is 2.18. The number of anilines is 2. The van der Waals surface area contributed by atoms with Gasteiger partial charge in [0.15, 0.2) is 5.11 Å². The molecule has 4 rings (SSSR count). The highest BCUT2D eigenvalue weighted by Gasteiger charge is 2.22. The number of ether oxygens (including phenoxy) is 1. The average molecular weight is 469 g/mol. The molecule has 0 atom stereocenters. The zero-order chi connectivity index (χ0) is 23.5. The number of hydrogen-bond acceptors (Lipinski definition) is 7. The quantitative estimate of drug-likeness (QED) is 0.539. The standard InChI is InChI=1S/C22H24N6O4S/c1-3-26-13-17(20(30)31)18(29)16-12-23-21(25-19(16)26)27-8-10-28(11-9-27)22(33)24-14-4-6-15(32-2)7-5-14/h4-7,12-13H,3,8-11H2,1-2H3,(H,24,33)(H,30,31). The third-order valence-electron chi connectivity index (χ3n) is 5.56. The van der Waals surface area contributed by atoms with Gasteiger partial charge in [-0.1, -0.05) is 0 Å². The van der Waals surface area contributed by atoms with Gasteiger partial charge in [0.05, 0.1) is 12.5 Å². The van der Waals surface area contributed by atoms with E-state index in [1.54, 1.807) is 11.7 Å². The zero-order valence-electron chi connectivity index (χ0n) is 18.3. The van der Waals surface area contributed by atoms with Crippen LogP contribution in [0.1, 0.15) is 17.3 Å². The van der Waals surface area contributed by atoms with E-state index >= 15 is 0 Å². The van der Waals surface area contributed by atoms with Crippen molar-refractivity contribution >= 4 is 46.0 Å². The van der Waals surface area contributed by atoms with Crippen molar-refractivity contribution in [3.63, 3.8) is 0 Å². The minimum atomic E-state index is -1.26. The number of carboxylic acids is 1. The SMILES string of the molecule is CCn1cc(C(=O)O)c(=O)c2cnc(N3CCN(C(=S)Nc4ccc(OC)cc4)CC3)nc21. The molecule has 3 heterocycles. The largest absolute Gasteiger partial charge is 0.497 e. The zero-order valence-corrected chi connectivity index (χ0v) is 19.1. The lowest BCUT2D eigenvalue weighted by Crippen LogP contribution is -2.50. The van der Waals surface area contributed by atoms with Gasteiger partial charge >= 0.3 is 5.97 Å². The van der Waals surface area contributed by atoms with Crippen molar-refractivity contribution in [1.29, 1.82) is 0 Å². The lowest BCUT2D eigenvalue weighted by Gasteiger charge is -2.36.